The van der Waals surface area contributed by atoms with Crippen LogP contribution in [0.25, 0.3) is 0 Å². The number of carbonyl (C=O) groups is 2. The van der Waals surface area contributed by atoms with E-state index in [4.69, 9.17) is 4.74 Å². The predicted octanol–water partition coefficient (Wildman–Crippen LogP) is 3.88. The summed E-state index contributed by atoms with van der Waals surface area (Å²) in [7, 11) is 0. The van der Waals surface area contributed by atoms with Crippen LogP contribution >= 0.6 is 0 Å². The summed E-state index contributed by atoms with van der Waals surface area (Å²) in [5.74, 6) is 0.415. The molecule has 1 unspecified atom stereocenters. The molecule has 0 aliphatic rings. The van der Waals surface area contributed by atoms with Crippen molar-refractivity contribution in [2.75, 3.05) is 13.2 Å². The number of ether oxygens (including phenoxy) is 1. The summed E-state index contributed by atoms with van der Waals surface area (Å²) in [6, 6.07) is 16.8. The third-order valence-electron chi connectivity index (χ3n) is 4.55. The standard InChI is InChI=1S/C25H29NO4/c1-19(2)23(27)13-15-25(3,29)16-18-30-22-11-9-20(10-12-22)14-17-26-24(28)21-7-5-4-6-8-21/h4-13,15,29H,1,14,16-18H2,2-3H3,(H,26,28)/b15-13+. The number of nitrogens with one attached hydrogen (secondary N) is 1. The first kappa shape index (κ1) is 23.1. The topological polar surface area (TPSA) is 75.6 Å². The van der Waals surface area contributed by atoms with E-state index in [1.165, 1.54) is 12.2 Å². The first-order chi connectivity index (χ1) is 14.3. The largest absolute Gasteiger partial charge is 0.493 e. The molecule has 0 saturated heterocycles. The minimum absolute atomic E-state index is 0.0818. The van der Waals surface area contributed by atoms with Crippen molar-refractivity contribution in [3.05, 3.63) is 90.0 Å². The molecule has 5 heteroatoms. The Morgan fingerprint density at radius 2 is 1.80 bits per heavy atom. The summed E-state index contributed by atoms with van der Waals surface area (Å²) >= 11 is 0. The van der Waals surface area contributed by atoms with E-state index in [2.05, 4.69) is 11.9 Å². The second-order valence-corrected chi connectivity index (χ2v) is 7.45. The monoisotopic (exact) mass is 407 g/mol. The Balaban J connectivity index is 1.73. The lowest BCUT2D eigenvalue weighted by atomic mass is 10.0. The fourth-order valence-electron chi connectivity index (χ4n) is 2.62. The highest BCUT2D eigenvalue weighted by molar-refractivity contribution is 6.03. The Morgan fingerprint density at radius 1 is 1.13 bits per heavy atom. The van der Waals surface area contributed by atoms with E-state index in [9.17, 15) is 14.7 Å². The van der Waals surface area contributed by atoms with Gasteiger partial charge in [-0.3, -0.25) is 9.59 Å². The van der Waals surface area contributed by atoms with Crippen molar-refractivity contribution in [1.29, 1.82) is 0 Å². The summed E-state index contributed by atoms with van der Waals surface area (Å²) in [5, 5.41) is 13.2. The fraction of sp³-hybridized carbons (Fsp3) is 0.280. The lowest BCUT2D eigenvalue weighted by molar-refractivity contribution is -0.111. The lowest BCUT2D eigenvalue weighted by Gasteiger charge is -2.19. The first-order valence-corrected chi connectivity index (χ1v) is 9.93. The van der Waals surface area contributed by atoms with Crippen LogP contribution in [0.4, 0.5) is 0 Å². The Labute approximate surface area is 178 Å². The average molecular weight is 408 g/mol. The van der Waals surface area contributed by atoms with Crippen molar-refractivity contribution < 1.29 is 19.4 Å². The van der Waals surface area contributed by atoms with Crippen LogP contribution in [-0.2, 0) is 11.2 Å². The van der Waals surface area contributed by atoms with Crippen molar-refractivity contribution >= 4 is 11.7 Å². The molecule has 0 spiro atoms. The van der Waals surface area contributed by atoms with Crippen LogP contribution in [0.15, 0.2) is 78.9 Å². The third kappa shape index (κ3) is 8.05. The number of hydrogen-bond acceptors (Lipinski definition) is 4. The van der Waals surface area contributed by atoms with E-state index < -0.39 is 5.60 Å². The molecule has 158 valence electrons. The summed E-state index contributed by atoms with van der Waals surface area (Å²) < 4.78 is 5.69. The van der Waals surface area contributed by atoms with E-state index in [1.54, 1.807) is 26.0 Å². The van der Waals surface area contributed by atoms with Crippen LogP contribution in [0.5, 0.6) is 5.75 Å². The lowest BCUT2D eigenvalue weighted by Crippen LogP contribution is -2.25. The van der Waals surface area contributed by atoms with E-state index in [0.29, 0.717) is 36.5 Å². The van der Waals surface area contributed by atoms with Gasteiger partial charge in [-0.05, 0) is 67.8 Å². The zero-order valence-corrected chi connectivity index (χ0v) is 17.6. The Bertz CT molecular complexity index is 883. The molecule has 0 aliphatic heterocycles. The van der Waals surface area contributed by atoms with Crippen molar-refractivity contribution in [2.45, 2.75) is 32.3 Å². The molecule has 0 saturated carbocycles. The molecule has 5 nitrogen and oxygen atoms in total. The quantitative estimate of drug-likeness (QED) is 0.554. The number of allylic oxidation sites excluding steroid dienone is 2. The maximum Gasteiger partial charge on any atom is 0.251 e. The number of carbonyl (C=O) groups excluding carboxylic acids is 2. The molecule has 0 bridgehead atoms. The second-order valence-electron chi connectivity index (χ2n) is 7.45. The van der Waals surface area contributed by atoms with Crippen molar-refractivity contribution in [2.24, 2.45) is 0 Å². The van der Waals surface area contributed by atoms with E-state index in [-0.39, 0.29) is 11.7 Å². The minimum atomic E-state index is -1.14. The highest BCUT2D eigenvalue weighted by Gasteiger charge is 2.17. The number of hydrogen-bond donors (Lipinski definition) is 2. The SMILES string of the molecule is C=C(C)C(=O)/C=C/C(C)(O)CCOc1ccc(CCNC(=O)c2ccccc2)cc1. The van der Waals surface area contributed by atoms with Gasteiger partial charge in [0, 0.05) is 18.5 Å². The van der Waals surface area contributed by atoms with Gasteiger partial charge in [-0.2, -0.15) is 0 Å². The van der Waals surface area contributed by atoms with Crippen LogP contribution in [0.3, 0.4) is 0 Å². The number of aliphatic hydroxyl groups is 1. The molecular weight excluding hydrogens is 378 g/mol. The van der Waals surface area contributed by atoms with Gasteiger partial charge in [0.1, 0.15) is 5.75 Å². The van der Waals surface area contributed by atoms with Gasteiger partial charge in [-0.1, -0.05) is 36.9 Å². The molecule has 2 N–H and O–H groups in total. The zero-order valence-electron chi connectivity index (χ0n) is 17.6. The molecule has 0 heterocycles. The van der Waals surface area contributed by atoms with Crippen LogP contribution in [0.2, 0.25) is 0 Å². The van der Waals surface area contributed by atoms with Gasteiger partial charge in [0.25, 0.3) is 5.91 Å². The number of benzene rings is 2. The summed E-state index contributed by atoms with van der Waals surface area (Å²) in [5.41, 5.74) is 1.03. The minimum Gasteiger partial charge on any atom is -0.493 e. The van der Waals surface area contributed by atoms with Gasteiger partial charge in [0.15, 0.2) is 5.78 Å². The van der Waals surface area contributed by atoms with Crippen LogP contribution in [0, 0.1) is 0 Å². The highest BCUT2D eigenvalue weighted by Crippen LogP contribution is 2.16. The van der Waals surface area contributed by atoms with Crippen molar-refractivity contribution in [3.63, 3.8) is 0 Å². The Hall–Kier alpha value is -3.18. The first-order valence-electron chi connectivity index (χ1n) is 9.93. The molecule has 0 aromatic heterocycles. The van der Waals surface area contributed by atoms with Gasteiger partial charge in [0.05, 0.1) is 12.2 Å². The molecule has 0 radical (unpaired) electrons. The molecule has 1 atom stereocenters. The number of amides is 1. The molecule has 0 fully saturated rings. The molecule has 2 aromatic rings. The third-order valence-corrected chi connectivity index (χ3v) is 4.55. The van der Waals surface area contributed by atoms with E-state index >= 15 is 0 Å². The summed E-state index contributed by atoms with van der Waals surface area (Å²) in [6.45, 7) is 7.70. The van der Waals surface area contributed by atoms with E-state index in [1.807, 2.05) is 42.5 Å². The Kier molecular flexibility index (Phi) is 8.56. The maximum absolute atomic E-state index is 12.0. The van der Waals surface area contributed by atoms with Gasteiger partial charge in [-0.15, -0.1) is 0 Å². The second kappa shape index (κ2) is 11.1. The van der Waals surface area contributed by atoms with Crippen LogP contribution in [-0.4, -0.2) is 35.5 Å². The van der Waals surface area contributed by atoms with Crippen molar-refractivity contribution in [1.82, 2.24) is 5.32 Å². The molecule has 2 rings (SSSR count). The summed E-state index contributed by atoms with van der Waals surface area (Å²) in [4.78, 5) is 23.6. The molecular formula is C25H29NO4. The molecule has 2 aromatic carbocycles. The van der Waals surface area contributed by atoms with E-state index in [0.717, 1.165) is 12.0 Å². The zero-order chi connectivity index (χ0) is 22.0. The normalized spacial score (nSPS) is 12.9. The molecule has 1 amide bonds. The Morgan fingerprint density at radius 3 is 2.43 bits per heavy atom. The fourth-order valence-corrected chi connectivity index (χ4v) is 2.62. The maximum atomic E-state index is 12.0. The molecule has 0 aliphatic carbocycles. The number of rotatable bonds is 11. The predicted molar refractivity (Wildman–Crippen MR) is 119 cm³/mol. The average Bonchev–Trinajstić information content (AvgIpc) is 2.73. The van der Waals surface area contributed by atoms with Gasteiger partial charge in [0.2, 0.25) is 0 Å². The summed E-state index contributed by atoms with van der Waals surface area (Å²) in [6.07, 6.45) is 3.88. The van der Waals surface area contributed by atoms with Gasteiger partial charge >= 0.3 is 0 Å². The highest BCUT2D eigenvalue weighted by atomic mass is 16.5. The van der Waals surface area contributed by atoms with Gasteiger partial charge in [-0.25, -0.2) is 0 Å². The molecule has 30 heavy (non-hydrogen) atoms. The smallest absolute Gasteiger partial charge is 0.251 e. The van der Waals surface area contributed by atoms with Gasteiger partial charge < -0.3 is 15.2 Å². The van der Waals surface area contributed by atoms with Crippen molar-refractivity contribution in [3.8, 4) is 5.75 Å². The van der Waals surface area contributed by atoms with Crippen LogP contribution in [0.1, 0.15) is 36.2 Å². The number of ketones is 1. The van der Waals surface area contributed by atoms with Crippen LogP contribution < -0.4 is 10.1 Å².